The molecule has 0 aliphatic rings. The van der Waals surface area contributed by atoms with Crippen molar-refractivity contribution in [2.45, 2.75) is 26.8 Å². The Morgan fingerprint density at radius 2 is 2.17 bits per heavy atom. The molecule has 0 spiro atoms. The Labute approximate surface area is 171 Å². The molecular formula is C16H21BrFIN4S. The fourth-order valence-electron chi connectivity index (χ4n) is 1.99. The molecule has 0 aliphatic carbocycles. The number of rotatable bonds is 6. The van der Waals surface area contributed by atoms with Crippen molar-refractivity contribution in [3.05, 3.63) is 50.1 Å². The zero-order valence-corrected chi connectivity index (χ0v) is 18.3. The molecule has 0 saturated heterocycles. The van der Waals surface area contributed by atoms with Crippen LogP contribution in [0.25, 0.3) is 0 Å². The summed E-state index contributed by atoms with van der Waals surface area (Å²) >= 11 is 4.91. The molecule has 1 aromatic carbocycles. The number of halogens is 3. The van der Waals surface area contributed by atoms with Gasteiger partial charge in [0.15, 0.2) is 5.96 Å². The lowest BCUT2D eigenvalue weighted by atomic mass is 10.2. The summed E-state index contributed by atoms with van der Waals surface area (Å²) in [6.45, 7) is 5.79. The van der Waals surface area contributed by atoms with Gasteiger partial charge in [-0.15, -0.1) is 35.3 Å². The quantitative estimate of drug-likeness (QED) is 0.336. The lowest BCUT2D eigenvalue weighted by Gasteiger charge is -2.11. The first-order valence-electron chi connectivity index (χ1n) is 7.45. The number of hydrogen-bond donors (Lipinski definition) is 2. The molecule has 2 N–H and O–H groups in total. The van der Waals surface area contributed by atoms with Crippen LogP contribution in [-0.4, -0.2) is 24.0 Å². The lowest BCUT2D eigenvalue weighted by Crippen LogP contribution is -2.38. The molecule has 0 atom stereocenters. The zero-order valence-electron chi connectivity index (χ0n) is 13.6. The average Bonchev–Trinajstić information content (AvgIpc) is 2.91. The monoisotopic (exact) mass is 526 g/mol. The predicted octanol–water partition coefficient (Wildman–Crippen LogP) is 4.27. The molecule has 8 heteroatoms. The largest absolute Gasteiger partial charge is 0.357 e. The van der Waals surface area contributed by atoms with Crippen molar-refractivity contribution in [3.8, 4) is 0 Å². The van der Waals surface area contributed by atoms with Gasteiger partial charge in [0.1, 0.15) is 5.82 Å². The van der Waals surface area contributed by atoms with Gasteiger partial charge in [-0.1, -0.05) is 22.0 Å². The number of nitrogens with one attached hydrogen (secondary N) is 2. The Hall–Kier alpha value is -0.740. The van der Waals surface area contributed by atoms with Crippen molar-refractivity contribution < 1.29 is 4.39 Å². The molecule has 0 fully saturated rings. The van der Waals surface area contributed by atoms with E-state index in [9.17, 15) is 4.39 Å². The Bertz CT molecular complexity index is 678. The summed E-state index contributed by atoms with van der Waals surface area (Å²) in [6.07, 6.45) is 0.835. The maximum atomic E-state index is 13.8. The second-order valence-electron chi connectivity index (χ2n) is 4.97. The Morgan fingerprint density at radius 1 is 1.38 bits per heavy atom. The minimum atomic E-state index is -0.253. The maximum Gasteiger partial charge on any atom is 0.191 e. The molecule has 2 aromatic rings. The van der Waals surface area contributed by atoms with Gasteiger partial charge in [-0.25, -0.2) is 14.4 Å². The molecule has 0 unspecified atom stereocenters. The molecule has 4 nitrogen and oxygen atoms in total. The number of guanidine groups is 1. The van der Waals surface area contributed by atoms with Gasteiger partial charge in [0.05, 0.1) is 17.2 Å². The molecule has 0 radical (unpaired) electrons. The van der Waals surface area contributed by atoms with E-state index in [0.717, 1.165) is 34.7 Å². The smallest absolute Gasteiger partial charge is 0.191 e. The number of benzene rings is 1. The third-order valence-corrected chi connectivity index (χ3v) is 4.42. The third-order valence-electron chi connectivity index (χ3n) is 3.11. The topological polar surface area (TPSA) is 49.3 Å². The van der Waals surface area contributed by atoms with E-state index in [4.69, 9.17) is 0 Å². The van der Waals surface area contributed by atoms with Gasteiger partial charge >= 0.3 is 0 Å². The van der Waals surface area contributed by atoms with Crippen molar-refractivity contribution in [3.63, 3.8) is 0 Å². The summed E-state index contributed by atoms with van der Waals surface area (Å²) in [4.78, 5) is 8.86. The maximum absolute atomic E-state index is 13.8. The van der Waals surface area contributed by atoms with Crippen LogP contribution >= 0.6 is 51.2 Å². The van der Waals surface area contributed by atoms with Crippen LogP contribution in [0.4, 0.5) is 4.39 Å². The van der Waals surface area contributed by atoms with Gasteiger partial charge in [0, 0.05) is 34.9 Å². The molecule has 0 aliphatic heterocycles. The normalized spacial score (nSPS) is 11.1. The van der Waals surface area contributed by atoms with Crippen molar-refractivity contribution in [2.24, 2.45) is 4.99 Å². The molecule has 1 aromatic heterocycles. The van der Waals surface area contributed by atoms with Crippen LogP contribution in [-0.2, 0) is 13.0 Å². The van der Waals surface area contributed by atoms with Gasteiger partial charge in [-0.3, -0.25) is 0 Å². The van der Waals surface area contributed by atoms with Crippen molar-refractivity contribution in [2.75, 3.05) is 13.1 Å². The molecule has 0 saturated carbocycles. The molecule has 2 rings (SSSR count). The summed E-state index contributed by atoms with van der Waals surface area (Å²) < 4.78 is 14.5. The molecule has 0 bridgehead atoms. The van der Waals surface area contributed by atoms with E-state index in [1.807, 2.05) is 19.9 Å². The first-order valence-corrected chi connectivity index (χ1v) is 9.13. The Morgan fingerprint density at radius 3 is 2.79 bits per heavy atom. The Balaban J connectivity index is 0.00000288. The molecule has 1 heterocycles. The minimum absolute atomic E-state index is 0. The predicted molar refractivity (Wildman–Crippen MR) is 113 cm³/mol. The summed E-state index contributed by atoms with van der Waals surface area (Å²) in [7, 11) is 0. The van der Waals surface area contributed by atoms with Gasteiger partial charge < -0.3 is 10.6 Å². The highest BCUT2D eigenvalue weighted by Crippen LogP contribution is 2.15. The second-order valence-corrected chi connectivity index (χ2v) is 6.94. The summed E-state index contributed by atoms with van der Waals surface area (Å²) in [5.41, 5.74) is 1.65. The molecule has 132 valence electrons. The highest BCUT2D eigenvalue weighted by atomic mass is 127. The number of nitrogens with zero attached hydrogens (tertiary/aromatic N) is 2. The standard InChI is InChI=1S/C16H20BrFN4S.HI/c1-3-19-16(20-7-6-14-10-23-11(2)22-14)21-9-12-4-5-13(17)8-15(12)18;/h4-5,8,10H,3,6-7,9H2,1-2H3,(H2,19,20,21);1H. The van der Waals surface area contributed by atoms with E-state index in [-0.39, 0.29) is 29.8 Å². The van der Waals surface area contributed by atoms with Crippen molar-refractivity contribution >= 4 is 57.2 Å². The van der Waals surface area contributed by atoms with Crippen LogP contribution in [0.3, 0.4) is 0 Å². The Kier molecular flexibility index (Phi) is 9.75. The van der Waals surface area contributed by atoms with Crippen LogP contribution < -0.4 is 10.6 Å². The zero-order chi connectivity index (χ0) is 16.7. The second kappa shape index (κ2) is 11.0. The molecule has 24 heavy (non-hydrogen) atoms. The highest BCUT2D eigenvalue weighted by Gasteiger charge is 2.04. The highest BCUT2D eigenvalue weighted by molar-refractivity contribution is 14.0. The average molecular weight is 527 g/mol. The number of hydrogen-bond acceptors (Lipinski definition) is 3. The van der Waals surface area contributed by atoms with E-state index in [2.05, 4.69) is 41.9 Å². The van der Waals surface area contributed by atoms with Crippen molar-refractivity contribution in [1.82, 2.24) is 15.6 Å². The van der Waals surface area contributed by atoms with E-state index >= 15 is 0 Å². The SMILES string of the molecule is CCNC(=NCc1ccc(Br)cc1F)NCCc1csc(C)n1.I. The fourth-order valence-corrected chi connectivity index (χ4v) is 2.97. The number of aromatic nitrogens is 1. The molecule has 0 amide bonds. The van der Waals surface area contributed by atoms with E-state index in [1.54, 1.807) is 17.4 Å². The van der Waals surface area contributed by atoms with E-state index < -0.39 is 0 Å². The lowest BCUT2D eigenvalue weighted by molar-refractivity contribution is 0.609. The fraction of sp³-hybridized carbons (Fsp3) is 0.375. The summed E-state index contributed by atoms with van der Waals surface area (Å²) in [5, 5.41) is 9.56. The molecular weight excluding hydrogens is 506 g/mol. The summed E-state index contributed by atoms with van der Waals surface area (Å²) in [6, 6.07) is 5.01. The first kappa shape index (κ1) is 21.3. The van der Waals surface area contributed by atoms with Crippen LogP contribution in [0.5, 0.6) is 0 Å². The van der Waals surface area contributed by atoms with Gasteiger partial charge in [-0.05, 0) is 26.0 Å². The van der Waals surface area contributed by atoms with Gasteiger partial charge in [0.25, 0.3) is 0 Å². The van der Waals surface area contributed by atoms with Crippen LogP contribution in [0.15, 0.2) is 33.0 Å². The van der Waals surface area contributed by atoms with E-state index in [1.165, 1.54) is 6.07 Å². The number of aryl methyl sites for hydroxylation is 1. The third kappa shape index (κ3) is 7.02. The summed E-state index contributed by atoms with van der Waals surface area (Å²) in [5.74, 6) is 0.429. The van der Waals surface area contributed by atoms with Gasteiger partial charge in [-0.2, -0.15) is 0 Å². The number of aliphatic imine (C=N–C) groups is 1. The van der Waals surface area contributed by atoms with E-state index in [0.29, 0.717) is 18.1 Å². The first-order chi connectivity index (χ1) is 11.1. The van der Waals surface area contributed by atoms with Crippen molar-refractivity contribution in [1.29, 1.82) is 0 Å². The minimum Gasteiger partial charge on any atom is -0.357 e. The number of thiazole rings is 1. The van der Waals surface area contributed by atoms with Crippen LogP contribution in [0.2, 0.25) is 0 Å². The van der Waals surface area contributed by atoms with Gasteiger partial charge in [0.2, 0.25) is 0 Å². The van der Waals surface area contributed by atoms with Crippen LogP contribution in [0.1, 0.15) is 23.2 Å². The van der Waals surface area contributed by atoms with Crippen LogP contribution in [0, 0.1) is 12.7 Å².